The van der Waals surface area contributed by atoms with E-state index in [0.717, 1.165) is 11.6 Å². The highest BCUT2D eigenvalue weighted by molar-refractivity contribution is 5.41. The lowest BCUT2D eigenvalue weighted by Crippen LogP contribution is -2.33. The molecule has 1 fully saturated rings. The number of aromatic nitrogens is 1. The van der Waals surface area contributed by atoms with Crippen LogP contribution in [-0.2, 0) is 7.05 Å². The van der Waals surface area contributed by atoms with E-state index in [1.165, 1.54) is 19.3 Å². The summed E-state index contributed by atoms with van der Waals surface area (Å²) in [5.41, 5.74) is 1.10. The molecule has 1 heterocycles. The lowest BCUT2D eigenvalue weighted by atomic mass is 9.80. The summed E-state index contributed by atoms with van der Waals surface area (Å²) in [5, 5.41) is 3.57. The van der Waals surface area contributed by atoms with Gasteiger partial charge in [0.15, 0.2) is 0 Å². The maximum Gasteiger partial charge on any atom is 0.250 e. The normalized spacial score (nSPS) is 29.0. The maximum absolute atomic E-state index is 11.3. The summed E-state index contributed by atoms with van der Waals surface area (Å²) in [6, 6.07) is 4.05. The first-order valence-corrected chi connectivity index (χ1v) is 6.49. The van der Waals surface area contributed by atoms with Gasteiger partial charge in [-0.05, 0) is 30.7 Å². The third-order valence-corrected chi connectivity index (χ3v) is 3.90. The Bertz CT molecular complexity index is 438. The first-order chi connectivity index (χ1) is 8.06. The van der Waals surface area contributed by atoms with Gasteiger partial charge in [-0.15, -0.1) is 0 Å². The number of hydrogen-bond donors (Lipinski definition) is 1. The third kappa shape index (κ3) is 2.90. The van der Waals surface area contributed by atoms with E-state index in [1.54, 1.807) is 17.7 Å². The summed E-state index contributed by atoms with van der Waals surface area (Å²) < 4.78 is 1.62. The number of rotatable bonds is 2. The molecule has 3 nitrogen and oxygen atoms in total. The molecule has 0 saturated heterocycles. The van der Waals surface area contributed by atoms with Crippen LogP contribution < -0.4 is 10.9 Å². The summed E-state index contributed by atoms with van der Waals surface area (Å²) in [4.78, 5) is 11.3. The molecule has 0 bridgehead atoms. The summed E-state index contributed by atoms with van der Waals surface area (Å²) in [7, 11) is 1.79. The SMILES string of the molecule is CC1CCC(C)C(Nc2ccc(=O)n(C)c2)C1. The van der Waals surface area contributed by atoms with E-state index in [4.69, 9.17) is 0 Å². The average Bonchev–Trinajstić information content (AvgIpc) is 2.29. The van der Waals surface area contributed by atoms with Gasteiger partial charge in [-0.3, -0.25) is 4.79 Å². The molecule has 94 valence electrons. The molecular weight excluding hydrogens is 212 g/mol. The van der Waals surface area contributed by atoms with Gasteiger partial charge < -0.3 is 9.88 Å². The zero-order valence-corrected chi connectivity index (χ0v) is 10.9. The second-order valence-electron chi connectivity index (χ2n) is 5.51. The van der Waals surface area contributed by atoms with E-state index in [2.05, 4.69) is 19.2 Å². The Balaban J connectivity index is 2.08. The molecule has 2 rings (SSSR count). The van der Waals surface area contributed by atoms with Crippen molar-refractivity contribution >= 4 is 5.69 Å². The lowest BCUT2D eigenvalue weighted by molar-refractivity contribution is 0.280. The van der Waals surface area contributed by atoms with Crippen LogP contribution in [0.5, 0.6) is 0 Å². The molecule has 1 N–H and O–H groups in total. The zero-order valence-electron chi connectivity index (χ0n) is 10.9. The van der Waals surface area contributed by atoms with Crippen molar-refractivity contribution in [3.05, 3.63) is 28.7 Å². The van der Waals surface area contributed by atoms with E-state index in [9.17, 15) is 4.79 Å². The van der Waals surface area contributed by atoms with Gasteiger partial charge in [0.1, 0.15) is 0 Å². The molecule has 0 radical (unpaired) electrons. The number of anilines is 1. The summed E-state index contributed by atoms with van der Waals surface area (Å²) in [5.74, 6) is 1.51. The van der Waals surface area contributed by atoms with E-state index in [1.807, 2.05) is 12.3 Å². The Kier molecular flexibility index (Phi) is 3.55. The fraction of sp³-hybridized carbons (Fsp3) is 0.643. The smallest absolute Gasteiger partial charge is 0.250 e. The Hall–Kier alpha value is -1.25. The molecule has 1 saturated carbocycles. The molecule has 3 atom stereocenters. The van der Waals surface area contributed by atoms with Gasteiger partial charge in [-0.25, -0.2) is 0 Å². The second kappa shape index (κ2) is 4.94. The van der Waals surface area contributed by atoms with Crippen molar-refractivity contribution in [1.82, 2.24) is 4.57 Å². The molecule has 0 amide bonds. The van der Waals surface area contributed by atoms with Crippen molar-refractivity contribution in [3.63, 3.8) is 0 Å². The van der Waals surface area contributed by atoms with Crippen molar-refractivity contribution in [2.24, 2.45) is 18.9 Å². The number of nitrogens with zero attached hydrogens (tertiary/aromatic N) is 1. The van der Waals surface area contributed by atoms with Crippen molar-refractivity contribution < 1.29 is 0 Å². The molecule has 3 unspecified atom stereocenters. The van der Waals surface area contributed by atoms with Crippen LogP contribution in [0.25, 0.3) is 0 Å². The van der Waals surface area contributed by atoms with Crippen LogP contribution in [0, 0.1) is 11.8 Å². The predicted octanol–water partition coefficient (Wildman–Crippen LogP) is 2.62. The Morgan fingerprint density at radius 1 is 1.29 bits per heavy atom. The minimum absolute atomic E-state index is 0.0422. The highest BCUT2D eigenvalue weighted by atomic mass is 16.1. The molecule has 17 heavy (non-hydrogen) atoms. The summed E-state index contributed by atoms with van der Waals surface area (Å²) in [6.45, 7) is 4.63. The monoisotopic (exact) mass is 234 g/mol. The Morgan fingerprint density at radius 2 is 2.06 bits per heavy atom. The molecular formula is C14H22N2O. The molecule has 0 aromatic carbocycles. The number of hydrogen-bond acceptors (Lipinski definition) is 2. The van der Waals surface area contributed by atoms with Gasteiger partial charge in [0.05, 0.1) is 5.69 Å². The van der Waals surface area contributed by atoms with Gasteiger partial charge in [-0.2, -0.15) is 0 Å². The minimum atomic E-state index is 0.0422. The van der Waals surface area contributed by atoms with Crippen LogP contribution in [0.2, 0.25) is 0 Å². The molecule has 1 aromatic heterocycles. The highest BCUT2D eigenvalue weighted by Gasteiger charge is 2.25. The first kappa shape index (κ1) is 12.2. The van der Waals surface area contributed by atoms with Gasteiger partial charge in [0, 0.05) is 25.4 Å². The second-order valence-corrected chi connectivity index (χ2v) is 5.51. The average molecular weight is 234 g/mol. The van der Waals surface area contributed by atoms with E-state index < -0.39 is 0 Å². The lowest BCUT2D eigenvalue weighted by Gasteiger charge is -2.34. The first-order valence-electron chi connectivity index (χ1n) is 6.49. The standard InChI is InChI=1S/C14H22N2O/c1-10-4-5-11(2)13(8-10)15-12-6-7-14(17)16(3)9-12/h6-7,9-11,13,15H,4-5,8H2,1-3H3. The van der Waals surface area contributed by atoms with E-state index in [0.29, 0.717) is 12.0 Å². The largest absolute Gasteiger partial charge is 0.381 e. The summed E-state index contributed by atoms with van der Waals surface area (Å²) >= 11 is 0. The van der Waals surface area contributed by atoms with Gasteiger partial charge in [0.2, 0.25) is 5.56 Å². The maximum atomic E-state index is 11.3. The fourth-order valence-corrected chi connectivity index (χ4v) is 2.63. The Labute approximate surface area is 103 Å². The minimum Gasteiger partial charge on any atom is -0.381 e. The van der Waals surface area contributed by atoms with E-state index in [-0.39, 0.29) is 5.56 Å². The molecule has 3 heteroatoms. The van der Waals surface area contributed by atoms with Crippen LogP contribution in [0.4, 0.5) is 5.69 Å². The van der Waals surface area contributed by atoms with Crippen molar-refractivity contribution in [1.29, 1.82) is 0 Å². The number of pyridine rings is 1. The van der Waals surface area contributed by atoms with Crippen LogP contribution in [0.1, 0.15) is 33.1 Å². The molecule has 0 spiro atoms. The molecule has 1 aliphatic rings. The third-order valence-electron chi connectivity index (χ3n) is 3.90. The van der Waals surface area contributed by atoms with Crippen LogP contribution in [0.3, 0.4) is 0 Å². The molecule has 0 aliphatic heterocycles. The van der Waals surface area contributed by atoms with Crippen LogP contribution in [-0.4, -0.2) is 10.6 Å². The van der Waals surface area contributed by atoms with Crippen LogP contribution in [0.15, 0.2) is 23.1 Å². The van der Waals surface area contributed by atoms with Crippen molar-refractivity contribution in [2.45, 2.75) is 39.2 Å². The Morgan fingerprint density at radius 3 is 2.76 bits per heavy atom. The van der Waals surface area contributed by atoms with Crippen LogP contribution >= 0.6 is 0 Å². The predicted molar refractivity (Wildman–Crippen MR) is 71.3 cm³/mol. The van der Waals surface area contributed by atoms with Crippen molar-refractivity contribution in [3.8, 4) is 0 Å². The van der Waals surface area contributed by atoms with Gasteiger partial charge in [0.25, 0.3) is 0 Å². The number of aryl methyl sites for hydroxylation is 1. The van der Waals surface area contributed by atoms with Gasteiger partial charge >= 0.3 is 0 Å². The molecule has 1 aromatic rings. The molecule has 1 aliphatic carbocycles. The quantitative estimate of drug-likeness (QED) is 0.853. The highest BCUT2D eigenvalue weighted by Crippen LogP contribution is 2.30. The number of nitrogens with one attached hydrogen (secondary N) is 1. The topological polar surface area (TPSA) is 34.0 Å². The van der Waals surface area contributed by atoms with E-state index >= 15 is 0 Å². The van der Waals surface area contributed by atoms with Gasteiger partial charge in [-0.1, -0.05) is 20.3 Å². The fourth-order valence-electron chi connectivity index (χ4n) is 2.63. The summed E-state index contributed by atoms with van der Waals surface area (Å²) in [6.07, 6.45) is 5.75. The zero-order chi connectivity index (χ0) is 12.4. The van der Waals surface area contributed by atoms with Crippen molar-refractivity contribution in [2.75, 3.05) is 5.32 Å².